The lowest BCUT2D eigenvalue weighted by Crippen LogP contribution is -2.29. The molecule has 0 spiro atoms. The number of rotatable bonds is 5. The highest BCUT2D eigenvalue weighted by atomic mass is 32.1. The summed E-state index contributed by atoms with van der Waals surface area (Å²) in [5, 5.41) is 10.6. The first-order valence-corrected chi connectivity index (χ1v) is 6.93. The number of aromatic nitrogens is 2. The molecule has 1 aromatic heterocycles. The van der Waals surface area contributed by atoms with Crippen LogP contribution in [-0.4, -0.2) is 40.0 Å². The first-order valence-electron chi connectivity index (χ1n) is 6.05. The quantitative estimate of drug-likeness (QED) is 0.868. The van der Waals surface area contributed by atoms with Crippen LogP contribution >= 0.6 is 11.3 Å². The van der Waals surface area contributed by atoms with Gasteiger partial charge in [0.1, 0.15) is 5.51 Å². The number of nitrogens with zero attached hydrogens (tertiary/aromatic N) is 3. The van der Waals surface area contributed by atoms with Crippen LogP contribution in [0.1, 0.15) is 26.2 Å². The van der Waals surface area contributed by atoms with E-state index in [1.165, 1.54) is 11.3 Å². The maximum absolute atomic E-state index is 11.9. The van der Waals surface area contributed by atoms with Gasteiger partial charge in [0.25, 0.3) is 0 Å². The summed E-state index contributed by atoms with van der Waals surface area (Å²) in [7, 11) is 0. The lowest BCUT2D eigenvalue weighted by molar-refractivity contribution is -0.128. The van der Waals surface area contributed by atoms with Gasteiger partial charge in [-0.25, -0.2) is 0 Å². The van der Waals surface area contributed by atoms with Gasteiger partial charge in [-0.1, -0.05) is 24.7 Å². The zero-order valence-electron chi connectivity index (χ0n) is 10.3. The fourth-order valence-electron chi connectivity index (χ4n) is 1.95. The van der Waals surface area contributed by atoms with Gasteiger partial charge in [-0.3, -0.25) is 9.59 Å². The summed E-state index contributed by atoms with van der Waals surface area (Å²) in [5.41, 5.74) is 1.56. The number of anilines is 1. The first kappa shape index (κ1) is 12.9. The lowest BCUT2D eigenvalue weighted by atomic mass is 10.1. The first-order chi connectivity index (χ1) is 8.70. The Hall–Kier alpha value is -1.50. The minimum Gasteiger partial charge on any atom is -0.342 e. The molecule has 2 heterocycles. The fraction of sp³-hybridized carbons (Fsp3) is 0.636. The molecular weight excluding hydrogens is 252 g/mol. The van der Waals surface area contributed by atoms with E-state index in [0.717, 1.165) is 19.4 Å². The molecule has 18 heavy (non-hydrogen) atoms. The molecule has 1 N–H and O–H groups in total. The third-order valence-corrected chi connectivity index (χ3v) is 3.56. The van der Waals surface area contributed by atoms with Crippen LogP contribution in [0.5, 0.6) is 0 Å². The van der Waals surface area contributed by atoms with Crippen LogP contribution in [0.4, 0.5) is 5.13 Å². The topological polar surface area (TPSA) is 75.2 Å². The molecule has 6 nitrogen and oxygen atoms in total. The second kappa shape index (κ2) is 5.90. The molecule has 0 aromatic carbocycles. The van der Waals surface area contributed by atoms with Gasteiger partial charge in [-0.05, 0) is 6.42 Å². The van der Waals surface area contributed by atoms with Crippen molar-refractivity contribution in [3.8, 4) is 0 Å². The molecule has 0 radical (unpaired) electrons. The van der Waals surface area contributed by atoms with E-state index >= 15 is 0 Å². The Morgan fingerprint density at radius 2 is 2.50 bits per heavy atom. The van der Waals surface area contributed by atoms with Crippen LogP contribution in [0.2, 0.25) is 0 Å². The summed E-state index contributed by atoms with van der Waals surface area (Å²) >= 11 is 1.27. The SMILES string of the molecule is CCCCN1CC(C(=O)Nc2nncs2)CC1=O. The van der Waals surface area contributed by atoms with Crippen molar-refractivity contribution in [2.45, 2.75) is 26.2 Å². The monoisotopic (exact) mass is 268 g/mol. The zero-order chi connectivity index (χ0) is 13.0. The van der Waals surface area contributed by atoms with Crippen molar-refractivity contribution in [1.29, 1.82) is 0 Å². The molecule has 2 rings (SSSR count). The van der Waals surface area contributed by atoms with Gasteiger partial charge in [0.05, 0.1) is 5.92 Å². The second-order valence-corrected chi connectivity index (χ2v) is 5.16. The van der Waals surface area contributed by atoms with E-state index < -0.39 is 0 Å². The number of likely N-dealkylation sites (tertiary alicyclic amines) is 1. The molecular formula is C11H16N4O2S. The molecule has 1 aromatic rings. The molecule has 0 saturated carbocycles. The average molecular weight is 268 g/mol. The third-order valence-electron chi connectivity index (χ3n) is 2.96. The Bertz CT molecular complexity index is 421. The zero-order valence-corrected chi connectivity index (χ0v) is 11.1. The Balaban J connectivity index is 1.87. The predicted octanol–water partition coefficient (Wildman–Crippen LogP) is 1.13. The van der Waals surface area contributed by atoms with Crippen LogP contribution in [0.15, 0.2) is 5.51 Å². The molecule has 1 aliphatic heterocycles. The van der Waals surface area contributed by atoms with Gasteiger partial charge in [0, 0.05) is 19.5 Å². The Kier molecular flexibility index (Phi) is 4.24. The summed E-state index contributed by atoms with van der Waals surface area (Å²) in [4.78, 5) is 25.4. The molecule has 7 heteroatoms. The Morgan fingerprint density at radius 3 is 3.17 bits per heavy atom. The van der Waals surface area contributed by atoms with E-state index in [1.54, 1.807) is 10.4 Å². The minimum atomic E-state index is -0.266. The summed E-state index contributed by atoms with van der Waals surface area (Å²) in [5.74, 6) is -0.335. The highest BCUT2D eigenvalue weighted by Crippen LogP contribution is 2.20. The van der Waals surface area contributed by atoms with Crippen LogP contribution in [0.3, 0.4) is 0 Å². The van der Waals surface area contributed by atoms with Crippen molar-refractivity contribution >= 4 is 28.3 Å². The number of unbranched alkanes of at least 4 members (excludes halogenated alkanes) is 1. The van der Waals surface area contributed by atoms with Gasteiger partial charge in [0.15, 0.2) is 0 Å². The maximum Gasteiger partial charge on any atom is 0.231 e. The van der Waals surface area contributed by atoms with E-state index in [-0.39, 0.29) is 17.7 Å². The average Bonchev–Trinajstić information content (AvgIpc) is 2.96. The summed E-state index contributed by atoms with van der Waals surface area (Å²) < 4.78 is 0. The smallest absolute Gasteiger partial charge is 0.231 e. The van der Waals surface area contributed by atoms with E-state index in [9.17, 15) is 9.59 Å². The van der Waals surface area contributed by atoms with Crippen molar-refractivity contribution in [2.75, 3.05) is 18.4 Å². The molecule has 0 aliphatic carbocycles. The minimum absolute atomic E-state index is 0.0702. The third kappa shape index (κ3) is 3.04. The maximum atomic E-state index is 11.9. The molecule has 1 aliphatic rings. The molecule has 2 amide bonds. The summed E-state index contributed by atoms with van der Waals surface area (Å²) in [6.07, 6.45) is 2.33. The largest absolute Gasteiger partial charge is 0.342 e. The van der Waals surface area contributed by atoms with Crippen molar-refractivity contribution in [2.24, 2.45) is 5.92 Å². The molecule has 1 atom stereocenters. The molecule has 0 bridgehead atoms. The van der Waals surface area contributed by atoms with Crippen molar-refractivity contribution in [3.63, 3.8) is 0 Å². The number of nitrogens with one attached hydrogen (secondary N) is 1. The van der Waals surface area contributed by atoms with E-state index in [1.807, 2.05) is 0 Å². The Morgan fingerprint density at radius 1 is 1.67 bits per heavy atom. The van der Waals surface area contributed by atoms with Crippen LogP contribution < -0.4 is 5.32 Å². The van der Waals surface area contributed by atoms with Crippen LogP contribution in [0, 0.1) is 5.92 Å². The normalized spacial score (nSPS) is 19.3. The predicted molar refractivity (Wildman–Crippen MR) is 68.1 cm³/mol. The van der Waals surface area contributed by atoms with Gasteiger partial charge in [-0.15, -0.1) is 10.2 Å². The molecule has 98 valence electrons. The van der Waals surface area contributed by atoms with Crippen molar-refractivity contribution < 1.29 is 9.59 Å². The number of carbonyl (C=O) groups excluding carboxylic acids is 2. The molecule has 1 unspecified atom stereocenters. The molecule has 1 fully saturated rings. The number of hydrogen-bond donors (Lipinski definition) is 1. The number of amides is 2. The van der Waals surface area contributed by atoms with E-state index in [2.05, 4.69) is 22.4 Å². The van der Waals surface area contributed by atoms with Gasteiger partial charge in [0.2, 0.25) is 16.9 Å². The van der Waals surface area contributed by atoms with E-state index in [4.69, 9.17) is 0 Å². The van der Waals surface area contributed by atoms with Crippen LogP contribution in [-0.2, 0) is 9.59 Å². The standard InChI is InChI=1S/C11H16N4O2S/c1-2-3-4-15-6-8(5-9(15)16)10(17)13-11-14-12-7-18-11/h7-8H,2-6H2,1H3,(H,13,14,17). The summed E-state index contributed by atoms with van der Waals surface area (Å²) in [6, 6.07) is 0. The van der Waals surface area contributed by atoms with Gasteiger partial charge >= 0.3 is 0 Å². The lowest BCUT2D eigenvalue weighted by Gasteiger charge is -2.15. The van der Waals surface area contributed by atoms with Crippen LogP contribution in [0.25, 0.3) is 0 Å². The van der Waals surface area contributed by atoms with Crippen molar-refractivity contribution in [1.82, 2.24) is 15.1 Å². The van der Waals surface area contributed by atoms with Crippen molar-refractivity contribution in [3.05, 3.63) is 5.51 Å². The molecule has 1 saturated heterocycles. The number of hydrogen-bond acceptors (Lipinski definition) is 5. The summed E-state index contributed by atoms with van der Waals surface area (Å²) in [6.45, 7) is 3.35. The second-order valence-electron chi connectivity index (χ2n) is 4.33. The number of carbonyl (C=O) groups is 2. The highest BCUT2D eigenvalue weighted by molar-refractivity contribution is 7.13. The highest BCUT2D eigenvalue weighted by Gasteiger charge is 2.34. The van der Waals surface area contributed by atoms with Gasteiger partial charge in [-0.2, -0.15) is 0 Å². The van der Waals surface area contributed by atoms with E-state index in [0.29, 0.717) is 18.1 Å². The Labute approximate surface area is 109 Å². The van der Waals surface area contributed by atoms with Gasteiger partial charge < -0.3 is 10.2 Å². The fourth-order valence-corrected chi connectivity index (χ4v) is 2.40.